The van der Waals surface area contributed by atoms with E-state index in [9.17, 15) is 14.0 Å². The van der Waals surface area contributed by atoms with Gasteiger partial charge in [0.2, 0.25) is 0 Å². The lowest BCUT2D eigenvalue weighted by atomic mass is 10.3. The van der Waals surface area contributed by atoms with Crippen LogP contribution in [-0.4, -0.2) is 27.6 Å². The van der Waals surface area contributed by atoms with Gasteiger partial charge in [-0.25, -0.2) is 9.37 Å². The maximum Gasteiger partial charge on any atom is 0.270 e. The molecule has 0 fully saturated rings. The Hall–Kier alpha value is -2.67. The van der Waals surface area contributed by atoms with Crippen LogP contribution in [0.15, 0.2) is 64.5 Å². The highest BCUT2D eigenvalue weighted by Gasteiger charge is 2.12. The Kier molecular flexibility index (Phi) is 5.45. The van der Waals surface area contributed by atoms with Crippen LogP contribution in [0.1, 0.15) is 16.8 Å². The molecule has 5 nitrogen and oxygen atoms in total. The third-order valence-corrected chi connectivity index (χ3v) is 4.65. The second kappa shape index (κ2) is 7.94. The van der Waals surface area contributed by atoms with Crippen molar-refractivity contribution in [3.05, 3.63) is 76.6 Å². The number of hydrogen-bond donors (Lipinski definition) is 1. The Morgan fingerprint density at radius 3 is 2.80 bits per heavy atom. The van der Waals surface area contributed by atoms with Crippen LogP contribution in [0.3, 0.4) is 0 Å². The molecule has 1 amide bonds. The Labute approximate surface area is 147 Å². The summed E-state index contributed by atoms with van der Waals surface area (Å²) in [5.41, 5.74) is 0.137. The molecule has 0 spiro atoms. The molecule has 0 radical (unpaired) electrons. The second-order valence-corrected chi connectivity index (χ2v) is 6.49. The molecule has 0 aliphatic rings. The molecule has 1 aromatic carbocycles. The van der Waals surface area contributed by atoms with E-state index in [-0.39, 0.29) is 16.9 Å². The number of amides is 1. The number of benzene rings is 1. The van der Waals surface area contributed by atoms with Gasteiger partial charge in [0, 0.05) is 23.8 Å². The SMILES string of the molecule is O=C(NCCCSc1ccc(F)cc1)c1cnc2ccccn2c1=O. The topological polar surface area (TPSA) is 63.5 Å². The summed E-state index contributed by atoms with van der Waals surface area (Å²) in [5.74, 6) is 0.0929. The highest BCUT2D eigenvalue weighted by Crippen LogP contribution is 2.18. The van der Waals surface area contributed by atoms with Crippen molar-refractivity contribution in [2.45, 2.75) is 11.3 Å². The standard InChI is InChI=1S/C18H16FN3O2S/c19-13-5-7-14(8-6-13)25-11-3-9-20-17(23)15-12-21-16-4-1-2-10-22(16)18(15)24/h1-2,4-8,10,12H,3,9,11H2,(H,20,23). The van der Waals surface area contributed by atoms with Gasteiger partial charge in [0.1, 0.15) is 17.0 Å². The number of rotatable bonds is 6. The lowest BCUT2D eigenvalue weighted by Gasteiger charge is -2.06. The zero-order chi connectivity index (χ0) is 17.6. The molecule has 3 aromatic rings. The minimum Gasteiger partial charge on any atom is -0.352 e. The van der Waals surface area contributed by atoms with Crippen molar-refractivity contribution in [2.24, 2.45) is 0 Å². The van der Waals surface area contributed by atoms with Crippen LogP contribution in [0.5, 0.6) is 0 Å². The second-order valence-electron chi connectivity index (χ2n) is 5.32. The first kappa shape index (κ1) is 17.2. The number of nitrogens with zero attached hydrogens (tertiary/aromatic N) is 2. The molecule has 25 heavy (non-hydrogen) atoms. The van der Waals surface area contributed by atoms with E-state index in [2.05, 4.69) is 10.3 Å². The molecule has 1 N–H and O–H groups in total. The molecule has 0 saturated carbocycles. The number of halogens is 1. The van der Waals surface area contributed by atoms with Gasteiger partial charge in [-0.2, -0.15) is 0 Å². The van der Waals surface area contributed by atoms with Gasteiger partial charge in [-0.3, -0.25) is 14.0 Å². The summed E-state index contributed by atoms with van der Waals surface area (Å²) in [6, 6.07) is 11.5. The molecular weight excluding hydrogens is 341 g/mol. The van der Waals surface area contributed by atoms with Gasteiger partial charge in [-0.1, -0.05) is 6.07 Å². The molecule has 0 aliphatic heterocycles. The van der Waals surface area contributed by atoms with Crippen LogP contribution in [0.25, 0.3) is 5.65 Å². The molecule has 0 bridgehead atoms. The van der Waals surface area contributed by atoms with Gasteiger partial charge in [-0.05, 0) is 48.6 Å². The van der Waals surface area contributed by atoms with Gasteiger partial charge in [0.05, 0.1) is 0 Å². The Morgan fingerprint density at radius 2 is 2.00 bits per heavy atom. The quantitative estimate of drug-likeness (QED) is 0.544. The number of carbonyl (C=O) groups is 1. The molecule has 128 valence electrons. The smallest absolute Gasteiger partial charge is 0.270 e. The van der Waals surface area contributed by atoms with Crippen LogP contribution >= 0.6 is 11.8 Å². The zero-order valence-electron chi connectivity index (χ0n) is 13.3. The number of thioether (sulfide) groups is 1. The average molecular weight is 357 g/mol. The number of aromatic nitrogens is 2. The number of carbonyl (C=O) groups excluding carboxylic acids is 1. The lowest BCUT2D eigenvalue weighted by Crippen LogP contribution is -2.32. The Morgan fingerprint density at radius 1 is 1.20 bits per heavy atom. The number of pyridine rings is 1. The van der Waals surface area contributed by atoms with Gasteiger partial charge in [0.25, 0.3) is 11.5 Å². The van der Waals surface area contributed by atoms with Crippen molar-refractivity contribution in [2.75, 3.05) is 12.3 Å². The number of nitrogens with one attached hydrogen (secondary N) is 1. The van der Waals surface area contributed by atoms with Crippen molar-refractivity contribution in [1.29, 1.82) is 0 Å². The van der Waals surface area contributed by atoms with E-state index < -0.39 is 5.91 Å². The summed E-state index contributed by atoms with van der Waals surface area (Å²) < 4.78 is 14.2. The van der Waals surface area contributed by atoms with Crippen LogP contribution in [0, 0.1) is 5.82 Å². The van der Waals surface area contributed by atoms with Crippen molar-refractivity contribution < 1.29 is 9.18 Å². The fourth-order valence-electron chi connectivity index (χ4n) is 2.27. The molecular formula is C18H16FN3O2S. The van der Waals surface area contributed by atoms with Gasteiger partial charge in [0.15, 0.2) is 0 Å². The highest BCUT2D eigenvalue weighted by molar-refractivity contribution is 7.99. The predicted molar refractivity (Wildman–Crippen MR) is 95.5 cm³/mol. The minimum atomic E-state index is -0.428. The first-order chi connectivity index (χ1) is 12.1. The molecule has 0 atom stereocenters. The largest absolute Gasteiger partial charge is 0.352 e. The molecule has 3 rings (SSSR count). The summed E-state index contributed by atoms with van der Waals surface area (Å²) in [7, 11) is 0. The summed E-state index contributed by atoms with van der Waals surface area (Å²) in [5, 5.41) is 2.73. The van der Waals surface area contributed by atoms with Crippen LogP contribution in [-0.2, 0) is 0 Å². The lowest BCUT2D eigenvalue weighted by molar-refractivity contribution is 0.0951. The van der Waals surface area contributed by atoms with E-state index >= 15 is 0 Å². The van der Waals surface area contributed by atoms with Crippen LogP contribution < -0.4 is 10.9 Å². The molecule has 0 aliphatic carbocycles. The van der Waals surface area contributed by atoms with Gasteiger partial charge >= 0.3 is 0 Å². The van der Waals surface area contributed by atoms with E-state index in [0.29, 0.717) is 12.2 Å². The first-order valence-electron chi connectivity index (χ1n) is 7.78. The molecule has 0 unspecified atom stereocenters. The molecule has 2 heterocycles. The third kappa shape index (κ3) is 4.24. The maximum atomic E-state index is 12.8. The fourth-order valence-corrected chi connectivity index (χ4v) is 3.13. The zero-order valence-corrected chi connectivity index (χ0v) is 14.1. The molecule has 0 saturated heterocycles. The van der Waals surface area contributed by atoms with Crippen molar-refractivity contribution in [3.8, 4) is 0 Å². The van der Waals surface area contributed by atoms with Crippen LogP contribution in [0.4, 0.5) is 4.39 Å². The minimum absolute atomic E-state index is 0.0230. The molecule has 2 aromatic heterocycles. The van der Waals surface area contributed by atoms with E-state index in [1.807, 2.05) is 0 Å². The third-order valence-electron chi connectivity index (χ3n) is 3.55. The van der Waals surface area contributed by atoms with Crippen molar-refractivity contribution in [3.63, 3.8) is 0 Å². The highest BCUT2D eigenvalue weighted by atomic mass is 32.2. The summed E-state index contributed by atoms with van der Waals surface area (Å²) in [6.07, 6.45) is 3.62. The molecule has 7 heteroatoms. The fraction of sp³-hybridized carbons (Fsp3) is 0.167. The summed E-state index contributed by atoms with van der Waals surface area (Å²) in [6.45, 7) is 0.448. The van der Waals surface area contributed by atoms with Gasteiger partial charge < -0.3 is 5.32 Å². The normalized spacial score (nSPS) is 10.8. The summed E-state index contributed by atoms with van der Waals surface area (Å²) in [4.78, 5) is 29.6. The monoisotopic (exact) mass is 357 g/mol. The first-order valence-corrected chi connectivity index (χ1v) is 8.77. The van der Waals surface area contributed by atoms with E-state index in [4.69, 9.17) is 0 Å². The number of hydrogen-bond acceptors (Lipinski definition) is 4. The number of fused-ring (bicyclic) bond motifs is 1. The maximum absolute atomic E-state index is 12.8. The summed E-state index contributed by atoms with van der Waals surface area (Å²) >= 11 is 1.59. The average Bonchev–Trinajstić information content (AvgIpc) is 2.63. The van der Waals surface area contributed by atoms with E-state index in [0.717, 1.165) is 17.1 Å². The van der Waals surface area contributed by atoms with Gasteiger partial charge in [-0.15, -0.1) is 11.8 Å². The predicted octanol–water partition coefficient (Wildman–Crippen LogP) is 2.75. The van der Waals surface area contributed by atoms with Crippen molar-refractivity contribution in [1.82, 2.24) is 14.7 Å². The van der Waals surface area contributed by atoms with Crippen molar-refractivity contribution >= 4 is 23.3 Å². The van der Waals surface area contributed by atoms with Crippen LogP contribution in [0.2, 0.25) is 0 Å². The Balaban J connectivity index is 1.52. The van der Waals surface area contributed by atoms with E-state index in [1.165, 1.54) is 22.7 Å². The van der Waals surface area contributed by atoms with E-state index in [1.54, 1.807) is 48.3 Å². The Bertz CT molecular complexity index is 941.